The Bertz CT molecular complexity index is 715. The Morgan fingerprint density at radius 1 is 0.500 bits per heavy atom. The quantitative estimate of drug-likeness (QED) is 0.170. The van der Waals surface area contributed by atoms with Crippen molar-refractivity contribution in [2.45, 2.75) is 105 Å². The van der Waals surface area contributed by atoms with Crippen LogP contribution in [-0.4, -0.2) is 32.8 Å². The fourth-order valence-corrected chi connectivity index (χ4v) is 5.01. The van der Waals surface area contributed by atoms with E-state index in [1.807, 2.05) is 0 Å². The molecule has 0 aliphatic rings. The van der Waals surface area contributed by atoms with E-state index in [2.05, 4.69) is 92.9 Å². The Morgan fingerprint density at radius 2 is 0.889 bits per heavy atom. The molecule has 0 aliphatic heterocycles. The van der Waals surface area contributed by atoms with Gasteiger partial charge in [-0.15, -0.1) is 0 Å². The highest BCUT2D eigenvalue weighted by Gasteiger charge is 2.17. The summed E-state index contributed by atoms with van der Waals surface area (Å²) in [7, 11) is 0. The van der Waals surface area contributed by atoms with E-state index >= 15 is 0 Å². The third-order valence-electron chi connectivity index (χ3n) is 6.88. The average Bonchev–Trinajstić information content (AvgIpc) is 2.90. The Labute approximate surface area is 223 Å². The summed E-state index contributed by atoms with van der Waals surface area (Å²) in [6, 6.07) is 18.3. The Hall–Kier alpha value is -2.00. The highest BCUT2D eigenvalue weighted by molar-refractivity contribution is 5.51. The minimum absolute atomic E-state index is 0.0136. The van der Waals surface area contributed by atoms with Gasteiger partial charge in [0, 0.05) is 44.2 Å². The summed E-state index contributed by atoms with van der Waals surface area (Å²) in [6.45, 7) is 16.6. The molecule has 2 aromatic rings. The number of benzene rings is 2. The highest BCUT2D eigenvalue weighted by atomic mass is 16.5. The average molecular weight is 495 g/mol. The molecule has 0 amide bonds. The van der Waals surface area contributed by atoms with Crippen molar-refractivity contribution >= 4 is 11.4 Å². The monoisotopic (exact) mass is 494 g/mol. The van der Waals surface area contributed by atoms with E-state index in [9.17, 15) is 0 Å². The van der Waals surface area contributed by atoms with Gasteiger partial charge in [0.25, 0.3) is 0 Å². The number of hydrogen-bond acceptors (Lipinski definition) is 3. The van der Waals surface area contributed by atoms with Gasteiger partial charge in [-0.1, -0.05) is 91.0 Å². The molecule has 0 spiro atoms. The van der Waals surface area contributed by atoms with Crippen LogP contribution < -0.4 is 9.80 Å². The highest BCUT2D eigenvalue weighted by Crippen LogP contribution is 2.30. The Morgan fingerprint density at radius 3 is 1.28 bits per heavy atom. The molecule has 0 heterocycles. The number of ether oxygens (including phenoxy) is 1. The molecule has 0 atom stereocenters. The third kappa shape index (κ3) is 10.2. The summed E-state index contributed by atoms with van der Waals surface area (Å²) < 4.78 is 6.58. The summed E-state index contributed by atoms with van der Waals surface area (Å²) in [4.78, 5) is 5.00. The van der Waals surface area contributed by atoms with E-state index in [4.69, 9.17) is 4.74 Å². The predicted octanol–water partition coefficient (Wildman–Crippen LogP) is 9.41. The summed E-state index contributed by atoms with van der Waals surface area (Å²) in [5, 5.41) is 0. The van der Waals surface area contributed by atoms with Gasteiger partial charge >= 0.3 is 0 Å². The summed E-state index contributed by atoms with van der Waals surface area (Å²) in [5.74, 6) is 0. The lowest BCUT2D eigenvalue weighted by atomic mass is 10.00. The topological polar surface area (TPSA) is 15.7 Å². The number of anilines is 2. The lowest BCUT2D eigenvalue weighted by Crippen LogP contribution is -2.25. The standard InChI is InChI=1S/C33H54N2O/c1-6-11-12-13-14-15-28-36-33(29-16-20-31(21-17-29)34(24-7-2)25-8-3)30-18-22-32(23-19-30)35(26-9-4)27-10-5/h16-23,33H,6-15,24-28H2,1-5H3. The van der Waals surface area contributed by atoms with Crippen molar-refractivity contribution in [3.63, 3.8) is 0 Å². The van der Waals surface area contributed by atoms with Crippen molar-refractivity contribution in [2.24, 2.45) is 0 Å². The molecule has 3 nitrogen and oxygen atoms in total. The van der Waals surface area contributed by atoms with Crippen molar-refractivity contribution in [1.82, 2.24) is 0 Å². The molecule has 0 saturated carbocycles. The Balaban J connectivity index is 2.18. The maximum absolute atomic E-state index is 6.58. The molecule has 0 aliphatic carbocycles. The molecule has 36 heavy (non-hydrogen) atoms. The maximum atomic E-state index is 6.58. The molecule has 202 valence electrons. The summed E-state index contributed by atoms with van der Waals surface area (Å²) in [6.07, 6.45) is 12.4. The minimum Gasteiger partial charge on any atom is -0.372 e. The minimum atomic E-state index is -0.0136. The van der Waals surface area contributed by atoms with Crippen LogP contribution in [0.3, 0.4) is 0 Å². The molecule has 0 unspecified atom stereocenters. The molecule has 0 saturated heterocycles. The number of rotatable bonds is 20. The summed E-state index contributed by atoms with van der Waals surface area (Å²) >= 11 is 0. The first-order chi connectivity index (χ1) is 17.7. The van der Waals surface area contributed by atoms with Crippen LogP contribution in [0, 0.1) is 0 Å². The largest absolute Gasteiger partial charge is 0.372 e. The molecule has 0 radical (unpaired) electrons. The second-order valence-corrected chi connectivity index (χ2v) is 10.2. The van der Waals surface area contributed by atoms with E-state index < -0.39 is 0 Å². The van der Waals surface area contributed by atoms with Gasteiger partial charge in [-0.25, -0.2) is 0 Å². The number of nitrogens with zero attached hydrogens (tertiary/aromatic N) is 2. The zero-order valence-corrected chi connectivity index (χ0v) is 24.1. The van der Waals surface area contributed by atoms with Gasteiger partial charge in [-0.05, 0) is 67.5 Å². The van der Waals surface area contributed by atoms with E-state index in [0.717, 1.165) is 39.2 Å². The van der Waals surface area contributed by atoms with E-state index in [1.54, 1.807) is 0 Å². The van der Waals surface area contributed by atoms with Gasteiger partial charge in [-0.3, -0.25) is 0 Å². The van der Waals surface area contributed by atoms with Crippen LogP contribution in [0.25, 0.3) is 0 Å². The molecule has 0 N–H and O–H groups in total. The smallest absolute Gasteiger partial charge is 0.108 e. The lowest BCUT2D eigenvalue weighted by molar-refractivity contribution is 0.0768. The molecule has 0 fully saturated rings. The molecule has 3 heteroatoms. The van der Waals surface area contributed by atoms with Crippen molar-refractivity contribution in [1.29, 1.82) is 0 Å². The molecule has 2 rings (SSSR count). The van der Waals surface area contributed by atoms with Gasteiger partial charge in [0.05, 0.1) is 0 Å². The van der Waals surface area contributed by atoms with Crippen LogP contribution in [0.4, 0.5) is 11.4 Å². The van der Waals surface area contributed by atoms with Gasteiger partial charge in [0.15, 0.2) is 0 Å². The van der Waals surface area contributed by atoms with Gasteiger partial charge < -0.3 is 14.5 Å². The first-order valence-corrected chi connectivity index (χ1v) is 15.0. The number of unbranched alkanes of at least 4 members (excludes halogenated alkanes) is 5. The van der Waals surface area contributed by atoms with Gasteiger partial charge in [-0.2, -0.15) is 0 Å². The van der Waals surface area contributed by atoms with Crippen LogP contribution in [0.5, 0.6) is 0 Å². The zero-order chi connectivity index (χ0) is 26.0. The van der Waals surface area contributed by atoms with Crippen LogP contribution in [0.1, 0.15) is 116 Å². The zero-order valence-electron chi connectivity index (χ0n) is 24.1. The maximum Gasteiger partial charge on any atom is 0.108 e. The van der Waals surface area contributed by atoms with Gasteiger partial charge in [0.1, 0.15) is 6.10 Å². The predicted molar refractivity (Wildman–Crippen MR) is 160 cm³/mol. The molecular weight excluding hydrogens is 440 g/mol. The Kier molecular flexibility index (Phi) is 15.3. The van der Waals surface area contributed by atoms with Crippen LogP contribution in [-0.2, 0) is 4.74 Å². The lowest BCUT2D eigenvalue weighted by Gasteiger charge is -2.26. The fraction of sp³-hybridized carbons (Fsp3) is 0.636. The molecule has 0 aromatic heterocycles. The van der Waals surface area contributed by atoms with Crippen molar-refractivity contribution in [3.8, 4) is 0 Å². The SMILES string of the molecule is CCCCCCCCOC(c1ccc(N(CCC)CCC)cc1)c1ccc(N(CCC)CCC)cc1. The van der Waals surface area contributed by atoms with Crippen LogP contribution in [0.15, 0.2) is 48.5 Å². The van der Waals surface area contributed by atoms with Crippen molar-refractivity contribution in [2.75, 3.05) is 42.6 Å². The first-order valence-electron chi connectivity index (χ1n) is 15.0. The second kappa shape index (κ2) is 18.3. The molecular formula is C33H54N2O. The van der Waals surface area contributed by atoms with E-state index in [0.29, 0.717) is 0 Å². The fourth-order valence-electron chi connectivity index (χ4n) is 5.01. The third-order valence-corrected chi connectivity index (χ3v) is 6.88. The normalized spacial score (nSPS) is 11.3. The second-order valence-electron chi connectivity index (χ2n) is 10.2. The molecule has 0 bridgehead atoms. The first kappa shape index (κ1) is 30.2. The van der Waals surface area contributed by atoms with E-state index in [-0.39, 0.29) is 6.10 Å². The van der Waals surface area contributed by atoms with Crippen molar-refractivity contribution < 1.29 is 4.74 Å². The van der Waals surface area contributed by atoms with Gasteiger partial charge in [0.2, 0.25) is 0 Å². The molecule has 2 aromatic carbocycles. The van der Waals surface area contributed by atoms with E-state index in [1.165, 1.54) is 80.3 Å². The van der Waals surface area contributed by atoms with Crippen LogP contribution >= 0.6 is 0 Å². The summed E-state index contributed by atoms with van der Waals surface area (Å²) in [5.41, 5.74) is 5.15. The van der Waals surface area contributed by atoms with Crippen LogP contribution in [0.2, 0.25) is 0 Å². The number of hydrogen-bond donors (Lipinski definition) is 0. The van der Waals surface area contributed by atoms with Crippen molar-refractivity contribution in [3.05, 3.63) is 59.7 Å².